The monoisotopic (exact) mass is 259 g/mol. The second-order valence-corrected chi connectivity index (χ2v) is 4.70. The Morgan fingerprint density at radius 1 is 1.26 bits per heavy atom. The van der Waals surface area contributed by atoms with Crippen molar-refractivity contribution in [2.75, 3.05) is 13.2 Å². The fraction of sp³-hybridized carbons (Fsp3) is 0.333. The summed E-state index contributed by atoms with van der Waals surface area (Å²) >= 11 is 0. The lowest BCUT2D eigenvalue weighted by Gasteiger charge is -2.09. The van der Waals surface area contributed by atoms with E-state index < -0.39 is 0 Å². The molecule has 0 spiro atoms. The first-order valence-corrected chi connectivity index (χ1v) is 6.29. The lowest BCUT2D eigenvalue weighted by atomic mass is 10.2. The maximum Gasteiger partial charge on any atom is 0.344 e. The van der Waals surface area contributed by atoms with E-state index in [2.05, 4.69) is 4.98 Å². The Hall–Kier alpha value is -2.10. The Balaban J connectivity index is 2.00. The molecule has 1 aromatic heterocycles. The van der Waals surface area contributed by atoms with Crippen LogP contribution in [-0.4, -0.2) is 24.2 Å². The van der Waals surface area contributed by atoms with Crippen LogP contribution in [0, 0.1) is 5.92 Å². The summed E-state index contributed by atoms with van der Waals surface area (Å²) in [5.74, 6) is 0.560. The van der Waals surface area contributed by atoms with Gasteiger partial charge in [-0.3, -0.25) is 4.98 Å². The number of benzene rings is 1. The van der Waals surface area contributed by atoms with Crippen molar-refractivity contribution in [3.05, 3.63) is 36.5 Å². The van der Waals surface area contributed by atoms with Gasteiger partial charge in [-0.05, 0) is 18.1 Å². The van der Waals surface area contributed by atoms with Gasteiger partial charge in [0.05, 0.1) is 6.61 Å². The number of esters is 1. The summed E-state index contributed by atoms with van der Waals surface area (Å²) in [5, 5.41) is 0.982. The first-order chi connectivity index (χ1) is 9.16. The van der Waals surface area contributed by atoms with Gasteiger partial charge in [0.15, 0.2) is 6.61 Å². The highest BCUT2D eigenvalue weighted by molar-refractivity contribution is 5.84. The van der Waals surface area contributed by atoms with Crippen LogP contribution < -0.4 is 4.74 Å². The predicted octanol–water partition coefficient (Wildman–Crippen LogP) is 2.81. The maximum atomic E-state index is 11.5. The minimum Gasteiger partial charge on any atom is -0.480 e. The molecule has 0 aliphatic carbocycles. The Morgan fingerprint density at radius 3 is 2.84 bits per heavy atom. The number of hydrogen-bond acceptors (Lipinski definition) is 4. The SMILES string of the molecule is CC(C)COC(=O)COc1cccc2cccnc12. The minimum absolute atomic E-state index is 0.0948. The molecule has 0 aliphatic heterocycles. The van der Waals surface area contributed by atoms with Gasteiger partial charge in [-0.25, -0.2) is 4.79 Å². The van der Waals surface area contributed by atoms with Gasteiger partial charge in [0.1, 0.15) is 11.3 Å². The molecule has 0 radical (unpaired) electrons. The molecule has 0 bridgehead atoms. The maximum absolute atomic E-state index is 11.5. The quantitative estimate of drug-likeness (QED) is 0.775. The molecule has 100 valence electrons. The van der Waals surface area contributed by atoms with Gasteiger partial charge in [-0.1, -0.05) is 32.0 Å². The number of carbonyl (C=O) groups excluding carboxylic acids is 1. The Bertz CT molecular complexity index is 561. The van der Waals surface area contributed by atoms with Gasteiger partial charge < -0.3 is 9.47 Å². The van der Waals surface area contributed by atoms with E-state index in [1.807, 2.05) is 38.1 Å². The standard InChI is InChI=1S/C15H17NO3/c1-11(2)9-19-14(17)10-18-13-7-3-5-12-6-4-8-16-15(12)13/h3-8,11H,9-10H2,1-2H3. The van der Waals surface area contributed by atoms with Gasteiger partial charge >= 0.3 is 5.97 Å². The molecule has 4 heteroatoms. The summed E-state index contributed by atoms with van der Waals surface area (Å²) < 4.78 is 10.5. The Morgan fingerprint density at radius 2 is 2.05 bits per heavy atom. The average Bonchev–Trinajstić information content (AvgIpc) is 2.42. The van der Waals surface area contributed by atoms with Gasteiger partial charge in [0.2, 0.25) is 0 Å². The topological polar surface area (TPSA) is 48.4 Å². The molecule has 0 fully saturated rings. The molecule has 0 saturated heterocycles. The highest BCUT2D eigenvalue weighted by atomic mass is 16.6. The summed E-state index contributed by atoms with van der Waals surface area (Å²) in [6.45, 7) is 4.30. The Kier molecular flexibility index (Phi) is 4.34. The summed E-state index contributed by atoms with van der Waals surface area (Å²) in [4.78, 5) is 15.7. The summed E-state index contributed by atoms with van der Waals surface area (Å²) in [5.41, 5.74) is 0.752. The smallest absolute Gasteiger partial charge is 0.344 e. The van der Waals surface area contributed by atoms with Gasteiger partial charge in [-0.15, -0.1) is 0 Å². The van der Waals surface area contributed by atoms with E-state index in [0.29, 0.717) is 18.3 Å². The van der Waals surface area contributed by atoms with Crippen LogP contribution in [-0.2, 0) is 9.53 Å². The molecular formula is C15H17NO3. The number of carbonyl (C=O) groups is 1. The van der Waals surface area contributed by atoms with Crippen LogP contribution in [0.4, 0.5) is 0 Å². The number of fused-ring (bicyclic) bond motifs is 1. The molecule has 0 saturated carbocycles. The summed E-state index contributed by atoms with van der Waals surface area (Å²) in [6.07, 6.45) is 1.70. The normalized spacial score (nSPS) is 10.7. The van der Waals surface area contributed by atoms with E-state index in [0.717, 1.165) is 10.9 Å². The number of pyridine rings is 1. The van der Waals surface area contributed by atoms with Crippen LogP contribution in [0.1, 0.15) is 13.8 Å². The average molecular weight is 259 g/mol. The lowest BCUT2D eigenvalue weighted by Crippen LogP contribution is -2.17. The fourth-order valence-corrected chi connectivity index (χ4v) is 1.63. The van der Waals surface area contributed by atoms with Crippen LogP contribution in [0.15, 0.2) is 36.5 Å². The molecule has 0 aliphatic rings. The highest BCUT2D eigenvalue weighted by Crippen LogP contribution is 2.22. The van der Waals surface area contributed by atoms with E-state index in [9.17, 15) is 4.79 Å². The largest absolute Gasteiger partial charge is 0.480 e. The summed E-state index contributed by atoms with van der Waals surface area (Å²) in [7, 11) is 0. The molecular weight excluding hydrogens is 242 g/mol. The van der Waals surface area contributed by atoms with Crippen molar-refractivity contribution in [2.45, 2.75) is 13.8 Å². The number of rotatable bonds is 5. The van der Waals surface area contributed by atoms with Gasteiger partial charge in [0.25, 0.3) is 0 Å². The molecule has 1 heterocycles. The third kappa shape index (κ3) is 3.68. The van der Waals surface area contributed by atoms with E-state index in [1.165, 1.54) is 0 Å². The van der Waals surface area contributed by atoms with Gasteiger partial charge in [-0.2, -0.15) is 0 Å². The Labute approximate surface area is 112 Å². The molecule has 0 atom stereocenters. The molecule has 0 amide bonds. The van der Waals surface area contributed by atoms with Crippen LogP contribution in [0.25, 0.3) is 10.9 Å². The zero-order chi connectivity index (χ0) is 13.7. The first-order valence-electron chi connectivity index (χ1n) is 6.29. The molecule has 0 N–H and O–H groups in total. The van der Waals surface area contributed by atoms with E-state index in [1.54, 1.807) is 12.3 Å². The fourth-order valence-electron chi connectivity index (χ4n) is 1.63. The third-order valence-corrected chi connectivity index (χ3v) is 2.52. The first kappa shape index (κ1) is 13.3. The zero-order valence-electron chi connectivity index (χ0n) is 11.1. The lowest BCUT2D eigenvalue weighted by molar-refractivity contribution is -0.147. The van der Waals surface area contributed by atoms with Crippen molar-refractivity contribution in [3.63, 3.8) is 0 Å². The van der Waals surface area contributed by atoms with E-state index in [4.69, 9.17) is 9.47 Å². The second-order valence-electron chi connectivity index (χ2n) is 4.70. The number of nitrogens with zero attached hydrogens (tertiary/aromatic N) is 1. The summed E-state index contributed by atoms with van der Waals surface area (Å²) in [6, 6.07) is 9.44. The minimum atomic E-state index is -0.360. The molecule has 2 rings (SSSR count). The van der Waals surface area contributed by atoms with Crippen molar-refractivity contribution in [3.8, 4) is 5.75 Å². The second kappa shape index (κ2) is 6.18. The van der Waals surface area contributed by atoms with Gasteiger partial charge in [0, 0.05) is 11.6 Å². The molecule has 0 unspecified atom stereocenters. The van der Waals surface area contributed by atoms with Crippen molar-refractivity contribution in [2.24, 2.45) is 5.92 Å². The van der Waals surface area contributed by atoms with Crippen LogP contribution >= 0.6 is 0 Å². The van der Waals surface area contributed by atoms with E-state index in [-0.39, 0.29) is 12.6 Å². The number of para-hydroxylation sites is 1. The zero-order valence-corrected chi connectivity index (χ0v) is 11.1. The molecule has 4 nitrogen and oxygen atoms in total. The highest BCUT2D eigenvalue weighted by Gasteiger charge is 2.08. The predicted molar refractivity (Wildman–Crippen MR) is 73.0 cm³/mol. The third-order valence-electron chi connectivity index (χ3n) is 2.52. The molecule has 2 aromatic rings. The molecule has 19 heavy (non-hydrogen) atoms. The van der Waals surface area contributed by atoms with Crippen molar-refractivity contribution in [1.29, 1.82) is 0 Å². The number of aromatic nitrogens is 1. The van der Waals surface area contributed by atoms with Crippen LogP contribution in [0.3, 0.4) is 0 Å². The van der Waals surface area contributed by atoms with Crippen LogP contribution in [0.2, 0.25) is 0 Å². The van der Waals surface area contributed by atoms with Crippen molar-refractivity contribution in [1.82, 2.24) is 4.98 Å². The number of ether oxygens (including phenoxy) is 2. The van der Waals surface area contributed by atoms with Crippen molar-refractivity contribution < 1.29 is 14.3 Å². The van der Waals surface area contributed by atoms with E-state index >= 15 is 0 Å². The molecule has 1 aromatic carbocycles. The van der Waals surface area contributed by atoms with Crippen molar-refractivity contribution >= 4 is 16.9 Å². The number of hydrogen-bond donors (Lipinski definition) is 0. The van der Waals surface area contributed by atoms with Crippen LogP contribution in [0.5, 0.6) is 5.75 Å².